The first-order valence-electron chi connectivity index (χ1n) is 5.99. The number of hydrogen-bond acceptors (Lipinski definition) is 3. The van der Waals surface area contributed by atoms with Crippen molar-refractivity contribution >= 4 is 17.3 Å². The van der Waals surface area contributed by atoms with Gasteiger partial charge in [0.2, 0.25) is 0 Å². The number of rotatable bonds is 4. The van der Waals surface area contributed by atoms with E-state index in [4.69, 9.17) is 10.5 Å². The van der Waals surface area contributed by atoms with E-state index in [-0.39, 0.29) is 12.5 Å². The molecule has 0 spiro atoms. The second kappa shape index (κ2) is 5.91. The lowest BCUT2D eigenvalue weighted by Crippen LogP contribution is -2.20. The van der Waals surface area contributed by atoms with Crippen LogP contribution in [0, 0.1) is 6.92 Å². The number of para-hydroxylation sites is 2. The highest BCUT2D eigenvalue weighted by Gasteiger charge is 2.05. The molecule has 19 heavy (non-hydrogen) atoms. The predicted octanol–water partition coefficient (Wildman–Crippen LogP) is 2.59. The molecule has 4 nitrogen and oxygen atoms in total. The van der Waals surface area contributed by atoms with E-state index in [1.54, 1.807) is 12.1 Å². The molecule has 1 amide bonds. The maximum Gasteiger partial charge on any atom is 0.262 e. The summed E-state index contributed by atoms with van der Waals surface area (Å²) in [4.78, 5) is 11.7. The first-order chi connectivity index (χ1) is 9.15. The lowest BCUT2D eigenvalue weighted by atomic mass is 10.2. The zero-order valence-electron chi connectivity index (χ0n) is 10.7. The average molecular weight is 256 g/mol. The van der Waals surface area contributed by atoms with Crippen LogP contribution in [-0.2, 0) is 4.79 Å². The van der Waals surface area contributed by atoms with Gasteiger partial charge in [0, 0.05) is 0 Å². The van der Waals surface area contributed by atoms with Crippen LogP contribution in [0.15, 0.2) is 48.5 Å². The molecule has 0 aliphatic heterocycles. The van der Waals surface area contributed by atoms with E-state index < -0.39 is 0 Å². The van der Waals surface area contributed by atoms with E-state index in [9.17, 15) is 4.79 Å². The Hall–Kier alpha value is -2.49. The minimum absolute atomic E-state index is 0.0439. The summed E-state index contributed by atoms with van der Waals surface area (Å²) in [6.07, 6.45) is 0. The summed E-state index contributed by atoms with van der Waals surface area (Å²) in [7, 11) is 0. The van der Waals surface area contributed by atoms with Gasteiger partial charge in [0.1, 0.15) is 5.75 Å². The van der Waals surface area contributed by atoms with Crippen LogP contribution >= 0.6 is 0 Å². The molecule has 0 heterocycles. The molecule has 2 aromatic rings. The molecule has 0 saturated carbocycles. The standard InChI is InChI=1S/C15H16N2O2/c1-11-5-4-6-12(9-11)19-10-15(18)17-14-8-3-2-7-13(14)16/h2-9H,10,16H2,1H3,(H,17,18). The Morgan fingerprint density at radius 3 is 2.74 bits per heavy atom. The van der Waals surface area contributed by atoms with Crippen LogP contribution in [0.3, 0.4) is 0 Å². The first-order valence-corrected chi connectivity index (χ1v) is 5.99. The van der Waals surface area contributed by atoms with Gasteiger partial charge in [-0.05, 0) is 36.8 Å². The maximum absolute atomic E-state index is 11.7. The number of nitrogen functional groups attached to an aromatic ring is 1. The molecule has 0 radical (unpaired) electrons. The summed E-state index contributed by atoms with van der Waals surface area (Å²) in [6, 6.07) is 14.7. The third-order valence-corrected chi connectivity index (χ3v) is 2.59. The number of aryl methyl sites for hydroxylation is 1. The SMILES string of the molecule is Cc1cccc(OCC(=O)Nc2ccccc2N)c1. The van der Waals surface area contributed by atoms with Crippen molar-refractivity contribution in [1.29, 1.82) is 0 Å². The largest absolute Gasteiger partial charge is 0.484 e. The third kappa shape index (κ3) is 3.74. The summed E-state index contributed by atoms with van der Waals surface area (Å²) >= 11 is 0. The summed E-state index contributed by atoms with van der Waals surface area (Å²) in [5.74, 6) is 0.440. The summed E-state index contributed by atoms with van der Waals surface area (Å²) in [5.41, 5.74) is 7.96. The monoisotopic (exact) mass is 256 g/mol. The molecule has 0 aliphatic rings. The number of ether oxygens (including phenoxy) is 1. The van der Waals surface area contributed by atoms with Gasteiger partial charge in [0.15, 0.2) is 6.61 Å². The van der Waals surface area contributed by atoms with E-state index in [2.05, 4.69) is 5.32 Å². The molecule has 0 aromatic heterocycles. The Morgan fingerprint density at radius 2 is 2.00 bits per heavy atom. The molecule has 0 atom stereocenters. The minimum Gasteiger partial charge on any atom is -0.484 e. The normalized spacial score (nSPS) is 9.95. The van der Waals surface area contributed by atoms with Crippen LogP contribution < -0.4 is 15.8 Å². The molecule has 2 rings (SSSR count). The number of amides is 1. The fourth-order valence-electron chi connectivity index (χ4n) is 1.65. The van der Waals surface area contributed by atoms with Crippen LogP contribution in [-0.4, -0.2) is 12.5 Å². The fraction of sp³-hybridized carbons (Fsp3) is 0.133. The van der Waals surface area contributed by atoms with Crippen molar-refractivity contribution in [3.05, 3.63) is 54.1 Å². The fourth-order valence-corrected chi connectivity index (χ4v) is 1.65. The highest BCUT2D eigenvalue weighted by Crippen LogP contribution is 2.17. The third-order valence-electron chi connectivity index (χ3n) is 2.59. The van der Waals surface area contributed by atoms with E-state index in [0.29, 0.717) is 17.1 Å². The summed E-state index contributed by atoms with van der Waals surface area (Å²) in [6.45, 7) is 1.93. The highest BCUT2D eigenvalue weighted by molar-refractivity contribution is 5.94. The van der Waals surface area contributed by atoms with Crippen LogP contribution in [0.2, 0.25) is 0 Å². The van der Waals surface area contributed by atoms with Gasteiger partial charge in [-0.25, -0.2) is 0 Å². The van der Waals surface area contributed by atoms with Gasteiger partial charge in [-0.2, -0.15) is 0 Å². The van der Waals surface area contributed by atoms with Crippen LogP contribution in [0.25, 0.3) is 0 Å². The van der Waals surface area contributed by atoms with E-state index in [1.807, 2.05) is 43.3 Å². The van der Waals surface area contributed by atoms with Gasteiger partial charge in [0.25, 0.3) is 5.91 Å². The molecular formula is C15H16N2O2. The number of nitrogens with one attached hydrogen (secondary N) is 1. The zero-order valence-corrected chi connectivity index (χ0v) is 10.7. The Balaban J connectivity index is 1.90. The first kappa shape index (κ1) is 13.0. The van der Waals surface area contributed by atoms with Crippen molar-refractivity contribution in [3.8, 4) is 5.75 Å². The van der Waals surface area contributed by atoms with Crippen LogP contribution in [0.1, 0.15) is 5.56 Å². The van der Waals surface area contributed by atoms with Crippen molar-refractivity contribution in [2.45, 2.75) is 6.92 Å². The van der Waals surface area contributed by atoms with Crippen LogP contribution in [0.5, 0.6) is 5.75 Å². The highest BCUT2D eigenvalue weighted by atomic mass is 16.5. The zero-order chi connectivity index (χ0) is 13.7. The van der Waals surface area contributed by atoms with E-state index >= 15 is 0 Å². The number of benzene rings is 2. The second-order valence-corrected chi connectivity index (χ2v) is 4.24. The van der Waals surface area contributed by atoms with Gasteiger partial charge >= 0.3 is 0 Å². The van der Waals surface area contributed by atoms with Gasteiger partial charge in [-0.15, -0.1) is 0 Å². The van der Waals surface area contributed by atoms with Gasteiger partial charge < -0.3 is 15.8 Å². The molecule has 2 aromatic carbocycles. The maximum atomic E-state index is 11.7. The van der Waals surface area contributed by atoms with E-state index in [1.165, 1.54) is 0 Å². The number of nitrogens with two attached hydrogens (primary N) is 1. The minimum atomic E-state index is -0.237. The van der Waals surface area contributed by atoms with Crippen LogP contribution in [0.4, 0.5) is 11.4 Å². The number of carbonyl (C=O) groups excluding carboxylic acids is 1. The Morgan fingerprint density at radius 1 is 1.21 bits per heavy atom. The lowest BCUT2D eigenvalue weighted by molar-refractivity contribution is -0.118. The number of hydrogen-bond donors (Lipinski definition) is 2. The molecule has 0 aliphatic carbocycles. The quantitative estimate of drug-likeness (QED) is 0.826. The number of carbonyl (C=O) groups is 1. The molecule has 0 unspecified atom stereocenters. The van der Waals surface area contributed by atoms with Crippen molar-refractivity contribution < 1.29 is 9.53 Å². The summed E-state index contributed by atoms with van der Waals surface area (Å²) in [5, 5.41) is 2.71. The molecule has 0 bridgehead atoms. The van der Waals surface area contributed by atoms with Gasteiger partial charge in [-0.3, -0.25) is 4.79 Å². The Bertz CT molecular complexity index is 582. The molecular weight excluding hydrogens is 240 g/mol. The van der Waals surface area contributed by atoms with Crippen molar-refractivity contribution in [1.82, 2.24) is 0 Å². The smallest absolute Gasteiger partial charge is 0.262 e. The lowest BCUT2D eigenvalue weighted by Gasteiger charge is -2.09. The number of anilines is 2. The van der Waals surface area contributed by atoms with Crippen molar-refractivity contribution in [2.24, 2.45) is 0 Å². The molecule has 0 fully saturated rings. The molecule has 3 N–H and O–H groups in total. The topological polar surface area (TPSA) is 64.3 Å². The van der Waals surface area contributed by atoms with Crippen molar-refractivity contribution in [2.75, 3.05) is 17.7 Å². The Kier molecular flexibility index (Phi) is 4.03. The van der Waals surface area contributed by atoms with Gasteiger partial charge in [-0.1, -0.05) is 24.3 Å². The molecule has 98 valence electrons. The average Bonchev–Trinajstić information content (AvgIpc) is 2.39. The summed E-state index contributed by atoms with van der Waals surface area (Å²) < 4.78 is 5.41. The molecule has 4 heteroatoms. The Labute approximate surface area is 112 Å². The van der Waals surface area contributed by atoms with E-state index in [0.717, 1.165) is 5.56 Å². The molecule has 0 saturated heterocycles. The predicted molar refractivity (Wildman–Crippen MR) is 76.2 cm³/mol. The van der Waals surface area contributed by atoms with Gasteiger partial charge in [0.05, 0.1) is 11.4 Å². The second-order valence-electron chi connectivity index (χ2n) is 4.24. The van der Waals surface area contributed by atoms with Crippen molar-refractivity contribution in [3.63, 3.8) is 0 Å².